The summed E-state index contributed by atoms with van der Waals surface area (Å²) in [6.07, 6.45) is 40.1. The Bertz CT molecular complexity index is 908. The van der Waals surface area contributed by atoms with Gasteiger partial charge < -0.3 is 19.3 Å². The molecule has 0 aromatic carbocycles. The molecule has 0 aromatic rings. The monoisotopic (exact) mass is 696 g/mol. The van der Waals surface area contributed by atoms with Crippen LogP contribution in [0.25, 0.3) is 0 Å². The van der Waals surface area contributed by atoms with E-state index in [0.717, 1.165) is 57.8 Å². The summed E-state index contributed by atoms with van der Waals surface area (Å²) in [7, 11) is -4.76. The van der Waals surface area contributed by atoms with Crippen LogP contribution < -0.4 is 0 Å². The van der Waals surface area contributed by atoms with E-state index >= 15 is 0 Å². The lowest BCUT2D eigenvalue weighted by atomic mass is 10.0. The number of phosphoric acid groups is 1. The molecule has 0 unspecified atom stereocenters. The molecule has 0 fully saturated rings. The molecule has 0 aliphatic rings. The molecule has 0 saturated carbocycles. The Labute approximate surface area is 293 Å². The molecule has 0 aliphatic carbocycles. The third-order valence-corrected chi connectivity index (χ3v) is 8.45. The van der Waals surface area contributed by atoms with E-state index in [1.807, 2.05) is 6.08 Å². The number of unbranched alkanes of at least 4 members (excludes halogenated alkanes) is 18. The van der Waals surface area contributed by atoms with Gasteiger partial charge in [0.1, 0.15) is 6.61 Å². The lowest BCUT2D eigenvalue weighted by Gasteiger charge is -2.18. The minimum absolute atomic E-state index is 0.201. The lowest BCUT2D eigenvalue weighted by Crippen LogP contribution is -2.29. The van der Waals surface area contributed by atoms with Crippen LogP contribution in [-0.2, 0) is 28.2 Å². The Morgan fingerprint density at radius 1 is 0.604 bits per heavy atom. The Kier molecular flexibility index (Phi) is 33.4. The van der Waals surface area contributed by atoms with E-state index in [-0.39, 0.29) is 19.4 Å². The number of rotatable bonds is 35. The maximum atomic E-state index is 12.4. The van der Waals surface area contributed by atoms with E-state index in [1.165, 1.54) is 77.0 Å². The lowest BCUT2D eigenvalue weighted by molar-refractivity contribution is -0.161. The van der Waals surface area contributed by atoms with E-state index < -0.39 is 32.5 Å². The maximum absolute atomic E-state index is 12.4. The smallest absolute Gasteiger partial charge is 0.462 e. The van der Waals surface area contributed by atoms with E-state index in [4.69, 9.17) is 19.3 Å². The molecule has 0 rings (SSSR count). The summed E-state index contributed by atoms with van der Waals surface area (Å²) >= 11 is 0. The third-order valence-electron chi connectivity index (χ3n) is 7.97. The standard InChI is InChI=1S/C39H69O8P/c1-3-5-7-9-11-13-15-17-19-21-23-25-27-29-31-33-38(40)45-35-37(36-46-48(42,43)44)47-39(41)34-32-30-28-26-24-22-20-18-16-14-12-10-8-6-4-2/h4,11,13,17,19,23,25,37H,2-3,5-10,12,14-16,18,20-22,24,26-36H2,1H3,(H2,42,43,44)/b13-11+,19-17+,25-23+/t37-/m1/s1. The summed E-state index contributed by atoms with van der Waals surface area (Å²) in [4.78, 5) is 42.7. The molecule has 0 spiro atoms. The molecule has 1 atom stereocenters. The highest BCUT2D eigenvalue weighted by Crippen LogP contribution is 2.36. The average molecular weight is 697 g/mol. The molecule has 0 bridgehead atoms. The summed E-state index contributed by atoms with van der Waals surface area (Å²) < 4.78 is 26.3. The van der Waals surface area contributed by atoms with Crippen molar-refractivity contribution in [2.45, 2.75) is 174 Å². The highest BCUT2D eigenvalue weighted by molar-refractivity contribution is 7.46. The fraction of sp³-hybridized carbons (Fsp3) is 0.744. The number of allylic oxidation sites excluding steroid dienone is 7. The van der Waals surface area contributed by atoms with Crippen molar-refractivity contribution in [3.8, 4) is 0 Å². The molecule has 2 N–H and O–H groups in total. The van der Waals surface area contributed by atoms with Gasteiger partial charge in [-0.1, -0.05) is 133 Å². The van der Waals surface area contributed by atoms with Gasteiger partial charge in [0.25, 0.3) is 0 Å². The maximum Gasteiger partial charge on any atom is 0.469 e. The van der Waals surface area contributed by atoms with E-state index in [2.05, 4.69) is 54.5 Å². The molecular weight excluding hydrogens is 627 g/mol. The molecule has 9 heteroatoms. The second kappa shape index (κ2) is 34.9. The minimum atomic E-state index is -4.76. The van der Waals surface area contributed by atoms with E-state index in [0.29, 0.717) is 12.8 Å². The zero-order chi connectivity index (χ0) is 35.4. The molecule has 0 aliphatic heterocycles. The number of hydrogen-bond donors (Lipinski definition) is 2. The zero-order valence-electron chi connectivity index (χ0n) is 30.2. The third kappa shape index (κ3) is 36.8. The summed E-state index contributed by atoms with van der Waals surface area (Å²) in [5.41, 5.74) is 0. The van der Waals surface area contributed by atoms with Gasteiger partial charge >= 0.3 is 19.8 Å². The number of esters is 2. The van der Waals surface area contributed by atoms with Gasteiger partial charge in [-0.3, -0.25) is 14.1 Å². The molecule has 8 nitrogen and oxygen atoms in total. The van der Waals surface area contributed by atoms with Crippen LogP contribution >= 0.6 is 7.82 Å². The molecule has 0 saturated heterocycles. The molecular formula is C39H69O8P. The zero-order valence-corrected chi connectivity index (χ0v) is 31.1. The highest BCUT2D eigenvalue weighted by atomic mass is 31.2. The van der Waals surface area contributed by atoms with Crippen LogP contribution in [0.4, 0.5) is 0 Å². The molecule has 278 valence electrons. The van der Waals surface area contributed by atoms with Crippen molar-refractivity contribution in [1.29, 1.82) is 0 Å². The van der Waals surface area contributed by atoms with Crippen molar-refractivity contribution in [3.05, 3.63) is 49.1 Å². The Morgan fingerprint density at radius 2 is 1.04 bits per heavy atom. The second-order valence-corrected chi connectivity index (χ2v) is 13.9. The van der Waals surface area contributed by atoms with Gasteiger partial charge in [0.15, 0.2) is 6.10 Å². The fourth-order valence-corrected chi connectivity index (χ4v) is 5.48. The second-order valence-electron chi connectivity index (χ2n) is 12.6. The van der Waals surface area contributed by atoms with Crippen LogP contribution in [0, 0.1) is 0 Å². The first-order valence-corrected chi connectivity index (χ1v) is 20.4. The predicted molar refractivity (Wildman–Crippen MR) is 198 cm³/mol. The Balaban J connectivity index is 4.02. The van der Waals surface area contributed by atoms with Crippen molar-refractivity contribution in [1.82, 2.24) is 0 Å². The van der Waals surface area contributed by atoms with Gasteiger partial charge in [-0.2, -0.15) is 0 Å². The number of hydrogen-bond acceptors (Lipinski definition) is 6. The Hall–Kier alpha value is -1.99. The molecule has 0 heterocycles. The van der Waals surface area contributed by atoms with Crippen LogP contribution in [-0.4, -0.2) is 41.0 Å². The highest BCUT2D eigenvalue weighted by Gasteiger charge is 2.22. The topological polar surface area (TPSA) is 119 Å². The van der Waals surface area contributed by atoms with Crippen LogP contribution in [0.1, 0.15) is 167 Å². The van der Waals surface area contributed by atoms with E-state index in [9.17, 15) is 14.2 Å². The normalized spacial score (nSPS) is 12.7. The van der Waals surface area contributed by atoms with Gasteiger partial charge in [-0.05, 0) is 64.2 Å². The first-order chi connectivity index (χ1) is 23.3. The molecule has 48 heavy (non-hydrogen) atoms. The van der Waals surface area contributed by atoms with Gasteiger partial charge in [0.2, 0.25) is 0 Å². The van der Waals surface area contributed by atoms with Crippen molar-refractivity contribution in [3.63, 3.8) is 0 Å². The van der Waals surface area contributed by atoms with Crippen molar-refractivity contribution >= 4 is 19.8 Å². The predicted octanol–water partition coefficient (Wildman–Crippen LogP) is 11.2. The average Bonchev–Trinajstić information content (AvgIpc) is 3.05. The number of carbonyl (C=O) groups is 2. The number of ether oxygens (including phenoxy) is 2. The van der Waals surface area contributed by atoms with Gasteiger partial charge in [-0.25, -0.2) is 4.57 Å². The van der Waals surface area contributed by atoms with Crippen LogP contribution in [0.5, 0.6) is 0 Å². The van der Waals surface area contributed by atoms with Gasteiger partial charge in [0.05, 0.1) is 6.61 Å². The van der Waals surface area contributed by atoms with Gasteiger partial charge in [0, 0.05) is 12.8 Å². The molecule has 0 radical (unpaired) electrons. The first-order valence-electron chi connectivity index (χ1n) is 18.9. The van der Waals surface area contributed by atoms with Crippen LogP contribution in [0.3, 0.4) is 0 Å². The molecule has 0 amide bonds. The number of carbonyl (C=O) groups excluding carboxylic acids is 2. The van der Waals surface area contributed by atoms with Crippen LogP contribution in [0.2, 0.25) is 0 Å². The molecule has 0 aromatic heterocycles. The Morgan fingerprint density at radius 3 is 1.56 bits per heavy atom. The van der Waals surface area contributed by atoms with Crippen molar-refractivity contribution in [2.75, 3.05) is 13.2 Å². The van der Waals surface area contributed by atoms with Crippen LogP contribution in [0.15, 0.2) is 49.1 Å². The minimum Gasteiger partial charge on any atom is -0.462 e. The number of phosphoric ester groups is 1. The largest absolute Gasteiger partial charge is 0.469 e. The van der Waals surface area contributed by atoms with Crippen molar-refractivity contribution in [2.24, 2.45) is 0 Å². The summed E-state index contributed by atoms with van der Waals surface area (Å²) in [6, 6.07) is 0. The fourth-order valence-electron chi connectivity index (χ4n) is 5.12. The summed E-state index contributed by atoms with van der Waals surface area (Å²) in [5.74, 6) is -0.934. The quantitative estimate of drug-likeness (QED) is 0.0291. The van der Waals surface area contributed by atoms with Crippen molar-refractivity contribution < 1.29 is 37.9 Å². The van der Waals surface area contributed by atoms with E-state index in [1.54, 1.807) is 0 Å². The first kappa shape index (κ1) is 46.0. The summed E-state index contributed by atoms with van der Waals surface area (Å²) in [5, 5.41) is 0. The SMILES string of the molecule is C=CCCCCCCCCCCCCCCCC(=O)O[C@H](COC(=O)CCCC/C=C/C/C=C/C/C=C/CCCCC)COP(=O)(O)O. The van der Waals surface area contributed by atoms with Gasteiger partial charge in [-0.15, -0.1) is 6.58 Å². The summed E-state index contributed by atoms with van der Waals surface area (Å²) in [6.45, 7) is 5.12.